The summed E-state index contributed by atoms with van der Waals surface area (Å²) >= 11 is 3.52. The lowest BCUT2D eigenvalue weighted by atomic mass is 10.2. The Labute approximate surface area is 98.6 Å². The maximum atomic E-state index is 5.53. The third-order valence-electron chi connectivity index (χ3n) is 2.31. The summed E-state index contributed by atoms with van der Waals surface area (Å²) in [6.07, 6.45) is 4.74. The van der Waals surface area contributed by atoms with E-state index in [1.54, 1.807) is 11.3 Å². The van der Waals surface area contributed by atoms with Crippen LogP contribution >= 0.6 is 23.1 Å². The van der Waals surface area contributed by atoms with Crippen LogP contribution in [0.1, 0.15) is 12.8 Å². The molecule has 3 nitrogen and oxygen atoms in total. The van der Waals surface area contributed by atoms with Crippen molar-refractivity contribution in [3.05, 3.63) is 11.6 Å². The fraction of sp³-hybridized carbons (Fsp3) is 0.700. The molecular formula is C10H16N2OS2. The van der Waals surface area contributed by atoms with Gasteiger partial charge in [-0.1, -0.05) is 11.8 Å². The van der Waals surface area contributed by atoms with Crippen LogP contribution in [0.3, 0.4) is 0 Å². The van der Waals surface area contributed by atoms with E-state index in [-0.39, 0.29) is 0 Å². The van der Waals surface area contributed by atoms with Crippen LogP contribution in [0.15, 0.2) is 15.9 Å². The van der Waals surface area contributed by atoms with Gasteiger partial charge in [0, 0.05) is 37.0 Å². The van der Waals surface area contributed by atoms with Gasteiger partial charge in [-0.15, -0.1) is 11.3 Å². The van der Waals surface area contributed by atoms with Gasteiger partial charge in [0.15, 0.2) is 0 Å². The second-order valence-corrected chi connectivity index (χ2v) is 5.72. The number of nitrogens with zero attached hydrogens (tertiary/aromatic N) is 1. The highest BCUT2D eigenvalue weighted by Gasteiger charge is 2.14. The van der Waals surface area contributed by atoms with E-state index < -0.39 is 0 Å². The van der Waals surface area contributed by atoms with Crippen molar-refractivity contribution in [3.8, 4) is 0 Å². The fourth-order valence-electron chi connectivity index (χ4n) is 1.56. The van der Waals surface area contributed by atoms with Crippen LogP contribution < -0.4 is 5.32 Å². The number of nitrogens with one attached hydrogen (secondary N) is 1. The van der Waals surface area contributed by atoms with E-state index in [4.69, 9.17) is 4.74 Å². The second-order valence-electron chi connectivity index (χ2n) is 3.49. The SMILES string of the molecule is c1csc(SCCNCC2CCCO2)n1. The van der Waals surface area contributed by atoms with Gasteiger partial charge in [0.05, 0.1) is 6.10 Å². The van der Waals surface area contributed by atoms with Crippen molar-refractivity contribution in [2.24, 2.45) is 0 Å². The summed E-state index contributed by atoms with van der Waals surface area (Å²) in [6, 6.07) is 0. The molecule has 1 atom stereocenters. The van der Waals surface area contributed by atoms with Gasteiger partial charge in [-0.25, -0.2) is 4.98 Å². The Morgan fingerprint density at radius 3 is 3.40 bits per heavy atom. The summed E-state index contributed by atoms with van der Waals surface area (Å²) in [5.41, 5.74) is 0. The minimum absolute atomic E-state index is 0.454. The lowest BCUT2D eigenvalue weighted by Crippen LogP contribution is -2.27. The molecule has 0 spiro atoms. The highest BCUT2D eigenvalue weighted by atomic mass is 32.2. The molecular weight excluding hydrogens is 228 g/mol. The topological polar surface area (TPSA) is 34.1 Å². The molecule has 1 unspecified atom stereocenters. The zero-order valence-electron chi connectivity index (χ0n) is 8.65. The molecule has 0 amide bonds. The van der Waals surface area contributed by atoms with E-state index >= 15 is 0 Å². The van der Waals surface area contributed by atoms with Crippen molar-refractivity contribution < 1.29 is 4.74 Å². The molecule has 1 aliphatic heterocycles. The van der Waals surface area contributed by atoms with Gasteiger partial charge in [0.25, 0.3) is 0 Å². The van der Waals surface area contributed by atoms with Gasteiger partial charge in [-0.2, -0.15) is 0 Å². The highest BCUT2D eigenvalue weighted by Crippen LogP contribution is 2.19. The van der Waals surface area contributed by atoms with Crippen molar-refractivity contribution in [2.75, 3.05) is 25.4 Å². The van der Waals surface area contributed by atoms with E-state index in [1.807, 2.05) is 23.3 Å². The number of hydrogen-bond acceptors (Lipinski definition) is 5. The molecule has 2 rings (SSSR count). The minimum atomic E-state index is 0.454. The van der Waals surface area contributed by atoms with Crippen LogP contribution in [-0.4, -0.2) is 36.5 Å². The average molecular weight is 244 g/mol. The first kappa shape index (κ1) is 11.4. The van der Waals surface area contributed by atoms with Crippen LogP contribution in [0.4, 0.5) is 0 Å². The third kappa shape index (κ3) is 4.10. The molecule has 0 bridgehead atoms. The van der Waals surface area contributed by atoms with Gasteiger partial charge in [0.2, 0.25) is 0 Å². The Hall–Kier alpha value is -0.100. The number of thiazole rings is 1. The molecule has 1 aromatic heterocycles. The molecule has 1 saturated heterocycles. The average Bonchev–Trinajstić information content (AvgIpc) is 2.88. The Morgan fingerprint density at radius 1 is 1.67 bits per heavy atom. The van der Waals surface area contributed by atoms with Crippen LogP contribution in [-0.2, 0) is 4.74 Å². The molecule has 15 heavy (non-hydrogen) atoms. The van der Waals surface area contributed by atoms with Gasteiger partial charge in [-0.05, 0) is 12.8 Å². The molecule has 1 N–H and O–H groups in total. The monoisotopic (exact) mass is 244 g/mol. The first-order chi connectivity index (χ1) is 7.45. The van der Waals surface area contributed by atoms with Gasteiger partial charge >= 0.3 is 0 Å². The van der Waals surface area contributed by atoms with Gasteiger partial charge in [0.1, 0.15) is 4.34 Å². The standard InChI is InChI=1S/C10H16N2OS2/c1-2-9(13-5-1)8-11-3-6-14-10-12-4-7-15-10/h4,7,9,11H,1-3,5-6,8H2. The van der Waals surface area contributed by atoms with Crippen molar-refractivity contribution in [1.82, 2.24) is 10.3 Å². The first-order valence-corrected chi connectivity index (χ1v) is 7.16. The van der Waals surface area contributed by atoms with Crippen LogP contribution in [0.5, 0.6) is 0 Å². The fourth-order valence-corrected chi connectivity index (χ4v) is 3.17. The Kier molecular flexibility index (Phi) is 4.92. The zero-order valence-corrected chi connectivity index (χ0v) is 10.3. The molecule has 1 aromatic rings. The van der Waals surface area contributed by atoms with E-state index in [9.17, 15) is 0 Å². The minimum Gasteiger partial charge on any atom is -0.377 e. The maximum absolute atomic E-state index is 5.53. The Balaban J connectivity index is 1.48. The number of hydrogen-bond donors (Lipinski definition) is 1. The Morgan fingerprint density at radius 2 is 2.67 bits per heavy atom. The summed E-state index contributed by atoms with van der Waals surface area (Å²) in [4.78, 5) is 4.22. The molecule has 0 aromatic carbocycles. The highest BCUT2D eigenvalue weighted by molar-refractivity contribution is 8.01. The molecule has 2 heterocycles. The van der Waals surface area contributed by atoms with Crippen LogP contribution in [0.25, 0.3) is 0 Å². The maximum Gasteiger partial charge on any atom is 0.149 e. The van der Waals surface area contributed by atoms with E-state index in [2.05, 4.69) is 10.3 Å². The Bertz CT molecular complexity index is 260. The van der Waals surface area contributed by atoms with E-state index in [0.717, 1.165) is 29.8 Å². The molecule has 0 saturated carbocycles. The van der Waals surface area contributed by atoms with Crippen LogP contribution in [0.2, 0.25) is 0 Å². The largest absolute Gasteiger partial charge is 0.377 e. The molecule has 84 valence electrons. The summed E-state index contributed by atoms with van der Waals surface area (Å²) in [6.45, 7) is 2.97. The zero-order chi connectivity index (χ0) is 10.3. The lowest BCUT2D eigenvalue weighted by molar-refractivity contribution is 0.110. The van der Waals surface area contributed by atoms with E-state index in [0.29, 0.717) is 6.10 Å². The smallest absolute Gasteiger partial charge is 0.149 e. The summed E-state index contributed by atoms with van der Waals surface area (Å²) in [5, 5.41) is 5.44. The van der Waals surface area contributed by atoms with Crippen molar-refractivity contribution in [3.63, 3.8) is 0 Å². The quantitative estimate of drug-likeness (QED) is 0.613. The van der Waals surface area contributed by atoms with Crippen LogP contribution in [0, 0.1) is 0 Å². The molecule has 1 fully saturated rings. The number of rotatable bonds is 6. The summed E-state index contributed by atoms with van der Waals surface area (Å²) in [7, 11) is 0. The second kappa shape index (κ2) is 6.48. The van der Waals surface area contributed by atoms with E-state index in [1.165, 1.54) is 12.8 Å². The van der Waals surface area contributed by atoms with Crippen molar-refractivity contribution in [2.45, 2.75) is 23.3 Å². The molecule has 0 radical (unpaired) electrons. The number of thioether (sulfide) groups is 1. The van der Waals surface area contributed by atoms with Crippen molar-refractivity contribution in [1.29, 1.82) is 0 Å². The number of aromatic nitrogens is 1. The van der Waals surface area contributed by atoms with Crippen molar-refractivity contribution >= 4 is 23.1 Å². The molecule has 1 aliphatic rings. The van der Waals surface area contributed by atoms with Gasteiger partial charge in [-0.3, -0.25) is 0 Å². The lowest BCUT2D eigenvalue weighted by Gasteiger charge is -2.09. The summed E-state index contributed by atoms with van der Waals surface area (Å²) in [5.74, 6) is 1.08. The third-order valence-corrected chi connectivity index (χ3v) is 4.28. The predicted octanol–water partition coefficient (Wildman–Crippen LogP) is 2.00. The number of ether oxygens (including phenoxy) is 1. The first-order valence-electron chi connectivity index (χ1n) is 5.30. The molecule has 5 heteroatoms. The predicted molar refractivity (Wildman–Crippen MR) is 64.7 cm³/mol. The normalized spacial score (nSPS) is 20.9. The van der Waals surface area contributed by atoms with Gasteiger partial charge < -0.3 is 10.1 Å². The molecule has 0 aliphatic carbocycles. The summed E-state index contributed by atoms with van der Waals surface area (Å²) < 4.78 is 6.69.